The maximum absolute atomic E-state index is 13.1. The van der Waals surface area contributed by atoms with Gasteiger partial charge in [0.25, 0.3) is 5.88 Å². The lowest BCUT2D eigenvalue weighted by Crippen LogP contribution is -2.50. The van der Waals surface area contributed by atoms with Gasteiger partial charge in [0.1, 0.15) is 12.0 Å². The summed E-state index contributed by atoms with van der Waals surface area (Å²) in [5.41, 5.74) is 0.244. The largest absolute Gasteiger partial charge is 0.436 e. The third-order valence-electron chi connectivity index (χ3n) is 4.68. The zero-order valence-corrected chi connectivity index (χ0v) is 18.1. The first-order valence-corrected chi connectivity index (χ1v) is 10.4. The summed E-state index contributed by atoms with van der Waals surface area (Å²) in [6, 6.07) is 15.3. The Morgan fingerprint density at radius 1 is 1.06 bits per heavy atom. The molecule has 0 aliphatic rings. The van der Waals surface area contributed by atoms with Crippen molar-refractivity contribution < 1.29 is 14.4 Å². The normalized spacial score (nSPS) is 11.6. The molecule has 0 amide bonds. The van der Waals surface area contributed by atoms with Crippen LogP contribution in [0.2, 0.25) is 5.02 Å². The highest BCUT2D eigenvalue weighted by atomic mass is 35.5. The summed E-state index contributed by atoms with van der Waals surface area (Å²) in [5.74, 6) is 0.834. The Morgan fingerprint density at radius 3 is 2.48 bits per heavy atom. The molecular formula is C22H20ClN5O5. The number of ether oxygens (including phenoxy) is 1. The van der Waals surface area contributed by atoms with E-state index in [0.29, 0.717) is 22.3 Å². The van der Waals surface area contributed by atoms with Crippen LogP contribution in [0.5, 0.6) is 11.6 Å². The molecule has 0 spiro atoms. The van der Waals surface area contributed by atoms with E-state index in [9.17, 15) is 9.59 Å². The Morgan fingerprint density at radius 2 is 1.82 bits per heavy atom. The molecule has 11 heteroatoms. The third-order valence-corrected chi connectivity index (χ3v) is 4.94. The second-order valence-electron chi connectivity index (χ2n) is 7.02. The zero-order chi connectivity index (χ0) is 23.2. The maximum atomic E-state index is 13.1. The fourth-order valence-electron chi connectivity index (χ4n) is 3.07. The van der Waals surface area contributed by atoms with Gasteiger partial charge in [0.05, 0.1) is 12.2 Å². The average Bonchev–Trinajstić information content (AvgIpc) is 3.32. The number of H-pyrrole nitrogens is 1. The molecule has 2 heterocycles. The van der Waals surface area contributed by atoms with Gasteiger partial charge in [0.15, 0.2) is 0 Å². The average molecular weight is 470 g/mol. The van der Waals surface area contributed by atoms with E-state index in [0.717, 1.165) is 10.1 Å². The molecule has 2 aromatic heterocycles. The van der Waals surface area contributed by atoms with Crippen LogP contribution >= 0.6 is 11.6 Å². The van der Waals surface area contributed by atoms with Crippen molar-refractivity contribution in [1.82, 2.24) is 19.3 Å². The second-order valence-corrected chi connectivity index (χ2v) is 7.46. The van der Waals surface area contributed by atoms with Gasteiger partial charge in [-0.2, -0.15) is 0 Å². The van der Waals surface area contributed by atoms with Crippen LogP contribution in [0.25, 0.3) is 0 Å². The molecule has 0 saturated carbocycles. The summed E-state index contributed by atoms with van der Waals surface area (Å²) in [7, 11) is 0. The minimum absolute atomic E-state index is 0.0830. The Hall–Kier alpha value is -3.89. The van der Waals surface area contributed by atoms with E-state index in [1.54, 1.807) is 54.6 Å². The molecule has 10 nitrogen and oxygen atoms in total. The highest BCUT2D eigenvalue weighted by Crippen LogP contribution is 2.22. The first-order valence-electron chi connectivity index (χ1n) is 10.1. The van der Waals surface area contributed by atoms with Crippen LogP contribution in [0.4, 0.5) is 5.69 Å². The van der Waals surface area contributed by atoms with Gasteiger partial charge in [-0.25, -0.2) is 19.1 Å². The molecule has 0 aliphatic heterocycles. The smallest absolute Gasteiger partial charge is 0.335 e. The zero-order valence-electron chi connectivity index (χ0n) is 17.3. The van der Waals surface area contributed by atoms with Gasteiger partial charge in [-0.15, -0.1) is 0 Å². The molecule has 4 rings (SSSR count). The number of nitrogens with zero attached hydrogens (tertiary/aromatic N) is 4. The fourth-order valence-corrected chi connectivity index (χ4v) is 3.19. The summed E-state index contributed by atoms with van der Waals surface area (Å²) in [5, 5.41) is 13.4. The van der Waals surface area contributed by atoms with Gasteiger partial charge in [-0.1, -0.05) is 23.7 Å². The Balaban J connectivity index is 1.74. The first kappa shape index (κ1) is 22.3. The molecule has 2 N–H and O–H groups in total. The molecule has 0 aliphatic carbocycles. The van der Waals surface area contributed by atoms with Gasteiger partial charge in [0.2, 0.25) is 5.62 Å². The van der Waals surface area contributed by atoms with E-state index in [1.165, 1.54) is 10.8 Å². The number of hydrogen-bond acceptors (Lipinski definition) is 7. The fraction of sp³-hybridized carbons (Fsp3) is 0.182. The predicted molar refractivity (Wildman–Crippen MR) is 120 cm³/mol. The van der Waals surface area contributed by atoms with Crippen molar-refractivity contribution in [2.24, 2.45) is 4.99 Å². The number of aliphatic hydroxyl groups is 1. The first-order chi connectivity index (χ1) is 16.0. The van der Waals surface area contributed by atoms with Crippen LogP contribution in [0.3, 0.4) is 0 Å². The maximum Gasteiger partial charge on any atom is 0.335 e. The number of rotatable bonds is 8. The lowest BCUT2D eigenvalue weighted by molar-refractivity contribution is 0.276. The number of aliphatic hydroxyl groups excluding tert-OH is 1. The Bertz CT molecular complexity index is 1390. The van der Waals surface area contributed by atoms with Gasteiger partial charge in [0, 0.05) is 24.2 Å². The summed E-state index contributed by atoms with van der Waals surface area (Å²) in [6.07, 6.45) is 1.67. The number of aromatic nitrogens is 4. The summed E-state index contributed by atoms with van der Waals surface area (Å²) in [4.78, 5) is 32.8. The van der Waals surface area contributed by atoms with Crippen molar-refractivity contribution in [3.8, 4) is 11.6 Å². The Labute approximate surface area is 192 Å². The minimum Gasteiger partial charge on any atom is -0.436 e. The van der Waals surface area contributed by atoms with Crippen LogP contribution in [0, 0.1) is 0 Å². The molecule has 4 aromatic rings. The van der Waals surface area contributed by atoms with Gasteiger partial charge < -0.3 is 14.4 Å². The summed E-state index contributed by atoms with van der Waals surface area (Å²) < 4.78 is 12.7. The van der Waals surface area contributed by atoms with E-state index < -0.39 is 11.4 Å². The molecule has 2 aromatic carbocycles. The lowest BCUT2D eigenvalue weighted by Gasteiger charge is -2.11. The predicted octanol–water partition coefficient (Wildman–Crippen LogP) is 2.43. The topological polar surface area (TPSA) is 128 Å². The molecule has 0 bridgehead atoms. The van der Waals surface area contributed by atoms with Crippen molar-refractivity contribution in [2.75, 3.05) is 6.61 Å². The number of halogens is 1. The van der Waals surface area contributed by atoms with E-state index in [-0.39, 0.29) is 31.7 Å². The second kappa shape index (κ2) is 10.2. The van der Waals surface area contributed by atoms with E-state index >= 15 is 0 Å². The van der Waals surface area contributed by atoms with Gasteiger partial charge in [-0.05, 0) is 53.5 Å². The van der Waals surface area contributed by atoms with E-state index in [2.05, 4.69) is 15.1 Å². The number of benzene rings is 2. The molecule has 0 radical (unpaired) electrons. The standard InChI is InChI=1S/C22H20ClN5O5/c23-16-4-2-15(3-5-16)14-28-20(25-21(30)27(22(28)31)11-1-12-29)24-17-6-8-18(9-7-17)33-19-10-13-32-26-19/h2-10,13,29H,1,11-12,14H2,(H,24,25,30). The Kier molecular flexibility index (Phi) is 6.86. The molecule has 0 saturated heterocycles. The monoisotopic (exact) mass is 469 g/mol. The van der Waals surface area contributed by atoms with Crippen LogP contribution in [0.1, 0.15) is 12.0 Å². The van der Waals surface area contributed by atoms with Crippen molar-refractivity contribution in [1.29, 1.82) is 0 Å². The van der Waals surface area contributed by atoms with E-state index in [1.807, 2.05) is 0 Å². The SMILES string of the molecule is O=c1[nH]/c(=N\c2ccc(Oc3ccon3)cc2)n(Cc2ccc(Cl)cc2)c(=O)n1CCCO. The molecule has 0 unspecified atom stereocenters. The number of nitrogens with one attached hydrogen (secondary N) is 1. The van der Waals surface area contributed by atoms with Crippen LogP contribution in [-0.4, -0.2) is 31.0 Å². The molecule has 0 fully saturated rings. The molecular weight excluding hydrogens is 450 g/mol. The van der Waals surface area contributed by atoms with Crippen LogP contribution in [0.15, 0.2) is 80.0 Å². The molecule has 0 atom stereocenters. The third kappa shape index (κ3) is 5.48. The van der Waals surface area contributed by atoms with Crippen molar-refractivity contribution in [3.63, 3.8) is 0 Å². The van der Waals surface area contributed by atoms with Crippen molar-refractivity contribution >= 4 is 17.3 Å². The quantitative estimate of drug-likeness (QED) is 0.408. The highest BCUT2D eigenvalue weighted by molar-refractivity contribution is 6.30. The van der Waals surface area contributed by atoms with Gasteiger partial charge >= 0.3 is 11.4 Å². The summed E-state index contributed by atoms with van der Waals surface area (Å²) in [6.45, 7) is 0.107. The number of hydrogen-bond donors (Lipinski definition) is 2. The highest BCUT2D eigenvalue weighted by Gasteiger charge is 2.10. The lowest BCUT2D eigenvalue weighted by atomic mass is 10.2. The minimum atomic E-state index is -0.606. The van der Waals surface area contributed by atoms with E-state index in [4.69, 9.17) is 26.0 Å². The summed E-state index contributed by atoms with van der Waals surface area (Å²) >= 11 is 5.96. The molecule has 33 heavy (non-hydrogen) atoms. The number of aromatic amines is 1. The van der Waals surface area contributed by atoms with Crippen LogP contribution in [-0.2, 0) is 13.1 Å². The van der Waals surface area contributed by atoms with Crippen molar-refractivity contribution in [2.45, 2.75) is 19.5 Å². The van der Waals surface area contributed by atoms with Crippen molar-refractivity contribution in [3.05, 3.63) is 98.0 Å². The van der Waals surface area contributed by atoms with Crippen LogP contribution < -0.4 is 21.7 Å². The molecule has 170 valence electrons. The van der Waals surface area contributed by atoms with Gasteiger partial charge in [-0.3, -0.25) is 9.55 Å².